The van der Waals surface area contributed by atoms with Gasteiger partial charge in [0, 0.05) is 22.2 Å². The third-order valence-electron chi connectivity index (χ3n) is 14.7. The summed E-state index contributed by atoms with van der Waals surface area (Å²) in [6, 6.07) is 46.8. The van der Waals surface area contributed by atoms with Crippen molar-refractivity contribution in [3.8, 4) is 0 Å². The molecule has 420 valence electrons. The summed E-state index contributed by atoms with van der Waals surface area (Å²) in [6.07, 6.45) is 3.78. The van der Waals surface area contributed by atoms with Crippen molar-refractivity contribution in [2.45, 2.75) is 174 Å². The standard InChI is InChI=1S/2C30H38N2O5S2/c2*1-24(28(25-16-9-6-10-17-25)37-32-29(2,3)22-15-23-30(32,4)5)31(38(33,34)26-18-11-7-12-19-26)39(35,36)27-20-13-8-14-21-27/h2*6-14,16-21,24,28H,15,22-23H2,1-5H3/t2*24-,28-/m10/s1. The number of rotatable bonds is 18. The van der Waals surface area contributed by atoms with Crippen LogP contribution in [0.1, 0.15) is 131 Å². The highest BCUT2D eigenvalue weighted by molar-refractivity contribution is 8.04. The summed E-state index contributed by atoms with van der Waals surface area (Å²) in [5, 5.41) is 3.89. The van der Waals surface area contributed by atoms with E-state index in [9.17, 15) is 33.7 Å². The molecule has 0 bridgehead atoms. The number of piperidine rings is 2. The highest BCUT2D eigenvalue weighted by Crippen LogP contribution is 2.45. The lowest BCUT2D eigenvalue weighted by Gasteiger charge is -2.53. The van der Waals surface area contributed by atoms with Gasteiger partial charge in [0.25, 0.3) is 40.1 Å². The molecule has 18 heteroatoms. The Hall–Kier alpha value is -5.12. The second-order valence-corrected chi connectivity index (χ2v) is 30.3. The van der Waals surface area contributed by atoms with Gasteiger partial charge in [-0.15, -0.1) is 0 Å². The highest BCUT2D eigenvalue weighted by Gasteiger charge is 2.51. The molecular formula is C60H76N4O10S4. The van der Waals surface area contributed by atoms with E-state index >= 15 is 0 Å². The van der Waals surface area contributed by atoms with Gasteiger partial charge in [-0.25, -0.2) is 33.7 Å². The Morgan fingerprint density at radius 3 is 0.744 bits per heavy atom. The molecule has 78 heavy (non-hydrogen) atoms. The largest absolute Gasteiger partial charge is 0.288 e. The fraction of sp³-hybridized carbons (Fsp3) is 0.400. The molecule has 0 aromatic heterocycles. The molecule has 2 heterocycles. The average molecular weight is 1140 g/mol. The van der Waals surface area contributed by atoms with Gasteiger partial charge < -0.3 is 0 Å². The van der Waals surface area contributed by atoms with Gasteiger partial charge in [-0.2, -0.15) is 10.1 Å². The summed E-state index contributed by atoms with van der Waals surface area (Å²) in [5.41, 5.74) is -0.0463. The number of sulfonamides is 4. The predicted octanol–water partition coefficient (Wildman–Crippen LogP) is 12.3. The van der Waals surface area contributed by atoms with Gasteiger partial charge in [0.05, 0.1) is 31.7 Å². The average Bonchev–Trinajstić information content (AvgIpc) is 3.42. The second-order valence-electron chi connectivity index (χ2n) is 22.6. The first-order valence-electron chi connectivity index (χ1n) is 26.4. The molecule has 0 spiro atoms. The molecule has 6 aromatic carbocycles. The molecule has 6 aromatic rings. The van der Waals surface area contributed by atoms with Crippen molar-refractivity contribution in [2.75, 3.05) is 0 Å². The number of hydrogen-bond acceptors (Lipinski definition) is 12. The van der Waals surface area contributed by atoms with Crippen LogP contribution >= 0.6 is 0 Å². The van der Waals surface area contributed by atoms with Crippen LogP contribution in [0.5, 0.6) is 0 Å². The van der Waals surface area contributed by atoms with Crippen molar-refractivity contribution in [1.29, 1.82) is 0 Å². The van der Waals surface area contributed by atoms with Crippen molar-refractivity contribution >= 4 is 40.1 Å². The Morgan fingerprint density at radius 2 is 0.538 bits per heavy atom. The van der Waals surface area contributed by atoms with Gasteiger partial charge in [0.2, 0.25) is 0 Å². The van der Waals surface area contributed by atoms with Crippen LogP contribution in [0.15, 0.2) is 202 Å². The van der Waals surface area contributed by atoms with Crippen LogP contribution in [-0.2, 0) is 49.8 Å². The lowest BCUT2D eigenvalue weighted by molar-refractivity contribution is -0.311. The molecule has 2 aliphatic heterocycles. The molecule has 0 radical (unpaired) electrons. The second kappa shape index (κ2) is 23.9. The van der Waals surface area contributed by atoms with Crippen LogP contribution < -0.4 is 0 Å². The van der Waals surface area contributed by atoms with Crippen molar-refractivity contribution in [3.63, 3.8) is 0 Å². The smallest absolute Gasteiger partial charge is 0.256 e. The molecule has 14 nitrogen and oxygen atoms in total. The first-order chi connectivity index (χ1) is 36.6. The number of hydroxylamine groups is 4. The van der Waals surface area contributed by atoms with Crippen LogP contribution in [0.4, 0.5) is 0 Å². The Bertz CT molecular complexity index is 2980. The van der Waals surface area contributed by atoms with Crippen molar-refractivity contribution < 1.29 is 43.3 Å². The van der Waals surface area contributed by atoms with Crippen LogP contribution in [0.25, 0.3) is 0 Å². The zero-order valence-corrected chi connectivity index (χ0v) is 49.6. The molecular weight excluding hydrogens is 1060 g/mol. The SMILES string of the molecule is C[C@@H]([C@H](ON1C(C)(C)CCCC1(C)C)c1ccccc1)N(S(=O)(=O)c1ccccc1)S(=O)(=O)c1ccccc1.C[C@H]([C@@H](ON1C(C)(C)CCCC1(C)C)c1ccccc1)N(S(=O)(=O)c1ccccc1)S(=O)(=O)c1ccccc1. The molecule has 0 unspecified atom stereocenters. The molecule has 0 saturated carbocycles. The first-order valence-corrected chi connectivity index (χ1v) is 32.2. The van der Waals surface area contributed by atoms with E-state index in [1.807, 2.05) is 70.8 Å². The van der Waals surface area contributed by atoms with E-state index in [0.717, 1.165) is 38.5 Å². The van der Waals surface area contributed by atoms with E-state index in [0.29, 0.717) is 18.5 Å². The minimum absolute atomic E-state index is 0.109. The monoisotopic (exact) mass is 1140 g/mol. The van der Waals surface area contributed by atoms with Crippen molar-refractivity contribution in [2.24, 2.45) is 0 Å². The van der Waals surface area contributed by atoms with Crippen LogP contribution in [-0.4, -0.2) is 85.5 Å². The summed E-state index contributed by atoms with van der Waals surface area (Å²) in [7, 11) is -18.0. The normalized spacial score (nSPS) is 19.4. The highest BCUT2D eigenvalue weighted by atomic mass is 32.3. The lowest BCUT2D eigenvalue weighted by Crippen LogP contribution is -2.59. The Morgan fingerprint density at radius 1 is 0.346 bits per heavy atom. The van der Waals surface area contributed by atoms with Crippen LogP contribution in [0.3, 0.4) is 0 Å². The Balaban J connectivity index is 0.000000226. The van der Waals surface area contributed by atoms with E-state index in [-0.39, 0.29) is 41.7 Å². The summed E-state index contributed by atoms with van der Waals surface area (Å²) in [5.74, 6) is 0. The third-order valence-corrected chi connectivity index (χ3v) is 23.8. The lowest BCUT2D eigenvalue weighted by atomic mass is 9.82. The fourth-order valence-electron chi connectivity index (χ4n) is 11.0. The quantitative estimate of drug-likeness (QED) is 0.0800. The molecule has 2 fully saturated rings. The molecule has 0 amide bonds. The molecule has 4 atom stereocenters. The molecule has 2 aliphatic rings. The summed E-state index contributed by atoms with van der Waals surface area (Å²) in [4.78, 5) is 13.1. The summed E-state index contributed by atoms with van der Waals surface area (Å²) in [6.45, 7) is 20.0. The van der Waals surface area contributed by atoms with Gasteiger partial charge in [0.1, 0.15) is 12.2 Å². The third kappa shape index (κ3) is 13.0. The van der Waals surface area contributed by atoms with Gasteiger partial charge in [0.15, 0.2) is 0 Å². The zero-order valence-electron chi connectivity index (χ0n) is 46.4. The van der Waals surface area contributed by atoms with E-state index in [1.165, 1.54) is 48.5 Å². The van der Waals surface area contributed by atoms with Gasteiger partial charge in [-0.05, 0) is 167 Å². The maximum atomic E-state index is 14.2. The minimum Gasteiger partial charge on any atom is -0.288 e. The molecule has 2 saturated heterocycles. The fourth-order valence-corrected chi connectivity index (χ4v) is 19.2. The number of benzene rings is 6. The van der Waals surface area contributed by atoms with Gasteiger partial charge >= 0.3 is 0 Å². The van der Waals surface area contributed by atoms with Gasteiger partial charge in [-0.3, -0.25) is 9.68 Å². The maximum Gasteiger partial charge on any atom is 0.256 e. The minimum atomic E-state index is -4.51. The summed E-state index contributed by atoms with van der Waals surface area (Å²) < 4.78 is 114. The Kier molecular flexibility index (Phi) is 18.6. The maximum absolute atomic E-state index is 14.2. The van der Waals surface area contributed by atoms with Crippen LogP contribution in [0.2, 0.25) is 0 Å². The molecule has 8 rings (SSSR count). The van der Waals surface area contributed by atoms with E-state index in [2.05, 4.69) is 55.4 Å². The van der Waals surface area contributed by atoms with E-state index < -0.39 is 64.4 Å². The summed E-state index contributed by atoms with van der Waals surface area (Å²) >= 11 is 0. The first kappa shape index (κ1) is 60.5. The van der Waals surface area contributed by atoms with Crippen molar-refractivity contribution in [1.82, 2.24) is 17.5 Å². The number of hydrogen-bond donors (Lipinski definition) is 0. The van der Waals surface area contributed by atoms with Gasteiger partial charge in [-0.1, -0.05) is 141 Å². The van der Waals surface area contributed by atoms with E-state index in [4.69, 9.17) is 9.68 Å². The van der Waals surface area contributed by atoms with Crippen LogP contribution in [0, 0.1) is 0 Å². The molecule has 0 aliphatic carbocycles. The zero-order chi connectivity index (χ0) is 57.0. The van der Waals surface area contributed by atoms with E-state index in [1.54, 1.807) is 86.6 Å². The topological polar surface area (TPSA) is 168 Å². The predicted molar refractivity (Wildman–Crippen MR) is 305 cm³/mol. The van der Waals surface area contributed by atoms with Crippen molar-refractivity contribution in [3.05, 3.63) is 193 Å². The number of nitrogens with zero attached hydrogens (tertiary/aromatic N) is 4. The molecule has 0 N–H and O–H groups in total. The Labute approximate surface area is 465 Å².